The number of benzene rings is 4. The molecular formula is C36H42O8. The molecule has 44 heavy (non-hydrogen) atoms. The fourth-order valence-corrected chi connectivity index (χ4v) is 4.29. The fraction of sp³-hybridized carbons (Fsp3) is 0.278. The highest BCUT2D eigenvalue weighted by atomic mass is 16.5. The molecule has 0 spiro atoms. The number of aromatic carboxylic acids is 2. The number of phenolic OH excluding ortho intramolecular Hbond substituents is 2. The Hall–Kier alpha value is -4.98. The molecule has 4 aromatic carbocycles. The average Bonchev–Trinajstić information content (AvgIpc) is 2.97. The highest BCUT2D eigenvalue weighted by Crippen LogP contribution is 2.34. The van der Waals surface area contributed by atoms with E-state index in [1.54, 1.807) is 74.9 Å². The lowest BCUT2D eigenvalue weighted by molar-refractivity contribution is 0.0684. The molecule has 0 heterocycles. The van der Waals surface area contributed by atoms with Gasteiger partial charge in [-0.1, -0.05) is 77.9 Å². The van der Waals surface area contributed by atoms with E-state index >= 15 is 0 Å². The van der Waals surface area contributed by atoms with Gasteiger partial charge in [0.2, 0.25) is 0 Å². The second-order valence-electron chi connectivity index (χ2n) is 12.0. The Morgan fingerprint density at radius 2 is 0.864 bits per heavy atom. The lowest BCUT2D eigenvalue weighted by Gasteiger charge is -2.20. The largest absolute Gasteiger partial charge is 0.508 e. The van der Waals surface area contributed by atoms with Crippen LogP contribution < -0.4 is 9.47 Å². The van der Waals surface area contributed by atoms with Gasteiger partial charge < -0.3 is 29.9 Å². The van der Waals surface area contributed by atoms with Crippen LogP contribution in [-0.2, 0) is 10.8 Å². The Labute approximate surface area is 259 Å². The number of hydrogen-bond donors (Lipinski definition) is 4. The van der Waals surface area contributed by atoms with Gasteiger partial charge in [-0.2, -0.15) is 0 Å². The molecule has 0 amide bonds. The molecule has 0 unspecified atom stereocenters. The summed E-state index contributed by atoms with van der Waals surface area (Å²) in [4.78, 5) is 22.3. The number of phenols is 2. The molecule has 0 saturated heterocycles. The topological polar surface area (TPSA) is 134 Å². The molecule has 0 aliphatic rings. The molecule has 0 fully saturated rings. The van der Waals surface area contributed by atoms with Gasteiger partial charge in [-0.25, -0.2) is 9.59 Å². The number of carbonyl (C=O) groups is 2. The maximum Gasteiger partial charge on any atom is 0.336 e. The van der Waals surface area contributed by atoms with Crippen molar-refractivity contribution < 1.29 is 39.5 Å². The summed E-state index contributed by atoms with van der Waals surface area (Å²) >= 11 is 0. The molecule has 234 valence electrons. The summed E-state index contributed by atoms with van der Waals surface area (Å²) in [6.07, 6.45) is 0. The predicted molar refractivity (Wildman–Crippen MR) is 173 cm³/mol. The van der Waals surface area contributed by atoms with Crippen molar-refractivity contribution in [2.24, 2.45) is 0 Å². The van der Waals surface area contributed by atoms with Crippen molar-refractivity contribution in [1.29, 1.82) is 0 Å². The average molecular weight is 603 g/mol. The van der Waals surface area contributed by atoms with Gasteiger partial charge in [0, 0.05) is 11.1 Å². The molecule has 0 aliphatic heterocycles. The van der Waals surface area contributed by atoms with Gasteiger partial charge in [-0.3, -0.25) is 0 Å². The van der Waals surface area contributed by atoms with Crippen LogP contribution in [0.5, 0.6) is 23.0 Å². The summed E-state index contributed by atoms with van der Waals surface area (Å²) in [6.45, 7) is 12.3. The van der Waals surface area contributed by atoms with Gasteiger partial charge in [0.1, 0.15) is 23.0 Å². The van der Waals surface area contributed by atoms with Gasteiger partial charge in [0.25, 0.3) is 0 Å². The highest BCUT2D eigenvalue weighted by Gasteiger charge is 2.20. The molecular weight excluding hydrogens is 560 g/mol. The van der Waals surface area contributed by atoms with E-state index in [1.807, 2.05) is 12.1 Å². The van der Waals surface area contributed by atoms with Crippen LogP contribution in [0.1, 0.15) is 73.4 Å². The van der Waals surface area contributed by atoms with Crippen molar-refractivity contribution in [3.63, 3.8) is 0 Å². The van der Waals surface area contributed by atoms with Crippen molar-refractivity contribution in [3.05, 3.63) is 107 Å². The number of methoxy groups -OCH3 is 2. The maximum absolute atomic E-state index is 11.1. The van der Waals surface area contributed by atoms with Crippen LogP contribution in [0, 0.1) is 0 Å². The van der Waals surface area contributed by atoms with Gasteiger partial charge in [0.15, 0.2) is 0 Å². The molecule has 0 aromatic heterocycles. The Kier molecular flexibility index (Phi) is 12.0. The summed E-state index contributed by atoms with van der Waals surface area (Å²) < 4.78 is 10.2. The van der Waals surface area contributed by atoms with Crippen molar-refractivity contribution in [2.75, 3.05) is 14.2 Å². The zero-order valence-corrected chi connectivity index (χ0v) is 26.5. The smallest absolute Gasteiger partial charge is 0.336 e. The first-order valence-corrected chi connectivity index (χ1v) is 13.9. The lowest BCUT2D eigenvalue weighted by Crippen LogP contribution is -2.11. The molecule has 8 nitrogen and oxygen atoms in total. The molecule has 0 bridgehead atoms. The number of carboxylic acid groups (broad SMARTS) is 2. The van der Waals surface area contributed by atoms with E-state index in [-0.39, 0.29) is 22.0 Å². The Morgan fingerprint density at radius 1 is 0.545 bits per heavy atom. The summed E-state index contributed by atoms with van der Waals surface area (Å²) in [7, 11) is 3.25. The maximum atomic E-state index is 11.1. The number of carboxylic acids is 2. The van der Waals surface area contributed by atoms with Gasteiger partial charge in [-0.05, 0) is 70.5 Å². The first kappa shape index (κ1) is 35.2. The Morgan fingerprint density at radius 3 is 1.14 bits per heavy atom. The van der Waals surface area contributed by atoms with E-state index in [9.17, 15) is 19.8 Å². The second-order valence-corrected chi connectivity index (χ2v) is 12.0. The third kappa shape index (κ3) is 9.52. The van der Waals surface area contributed by atoms with Crippen LogP contribution in [0.25, 0.3) is 11.1 Å². The molecule has 0 saturated carbocycles. The lowest BCUT2D eigenvalue weighted by atomic mass is 9.86. The van der Waals surface area contributed by atoms with Crippen LogP contribution in [0.3, 0.4) is 0 Å². The minimum Gasteiger partial charge on any atom is -0.508 e. The van der Waals surface area contributed by atoms with Crippen LogP contribution in [-0.4, -0.2) is 46.6 Å². The second kappa shape index (κ2) is 15.0. The van der Waals surface area contributed by atoms with Gasteiger partial charge in [0.05, 0.1) is 25.3 Å². The van der Waals surface area contributed by atoms with Gasteiger partial charge >= 0.3 is 11.9 Å². The zero-order chi connectivity index (χ0) is 33.2. The molecule has 0 radical (unpaired) electrons. The fourth-order valence-electron chi connectivity index (χ4n) is 4.29. The number of aromatic hydroxyl groups is 2. The summed E-state index contributed by atoms with van der Waals surface area (Å²) in [6, 6.07) is 23.3. The van der Waals surface area contributed by atoms with E-state index in [0.29, 0.717) is 22.6 Å². The Balaban J connectivity index is 0.000000235. The van der Waals surface area contributed by atoms with E-state index in [2.05, 4.69) is 41.5 Å². The van der Waals surface area contributed by atoms with Crippen molar-refractivity contribution in [3.8, 4) is 34.1 Å². The molecule has 4 N–H and O–H groups in total. The van der Waals surface area contributed by atoms with E-state index in [4.69, 9.17) is 19.7 Å². The minimum atomic E-state index is -1.08. The van der Waals surface area contributed by atoms with Crippen LogP contribution in [0.4, 0.5) is 0 Å². The first-order valence-electron chi connectivity index (χ1n) is 13.9. The van der Waals surface area contributed by atoms with Crippen molar-refractivity contribution in [1.82, 2.24) is 0 Å². The Bertz CT molecular complexity index is 1460. The summed E-state index contributed by atoms with van der Waals surface area (Å²) in [5, 5.41) is 37.4. The first-order chi connectivity index (χ1) is 20.5. The van der Waals surface area contributed by atoms with Crippen molar-refractivity contribution in [2.45, 2.75) is 52.4 Å². The third-order valence-electron chi connectivity index (χ3n) is 6.63. The van der Waals surface area contributed by atoms with Gasteiger partial charge in [-0.15, -0.1) is 0 Å². The summed E-state index contributed by atoms with van der Waals surface area (Å²) in [5.41, 5.74) is 2.69. The number of rotatable bonds is 5. The highest BCUT2D eigenvalue weighted by molar-refractivity contribution is 6.02. The molecule has 0 aliphatic carbocycles. The quantitative estimate of drug-likeness (QED) is 0.180. The van der Waals surface area contributed by atoms with Crippen LogP contribution >= 0.6 is 0 Å². The third-order valence-corrected chi connectivity index (χ3v) is 6.63. The normalized spacial score (nSPS) is 10.8. The molecule has 0 atom stereocenters. The van der Waals surface area contributed by atoms with E-state index < -0.39 is 11.9 Å². The monoisotopic (exact) mass is 602 g/mol. The zero-order valence-electron chi connectivity index (χ0n) is 26.5. The molecule has 4 aromatic rings. The van der Waals surface area contributed by atoms with E-state index in [0.717, 1.165) is 22.6 Å². The standard InChI is InChI=1S/C14H10O4.2C11H16O2/c15-13(16)11-7-3-1-5-9(11)10-6-2-4-8-12(10)14(17)18;2*1-11(2,3)9-7-8(13-4)5-6-10(9)12/h1-8H,(H,15,16)(H,17,18);2*5-7,12H,1-4H3. The van der Waals surface area contributed by atoms with Crippen LogP contribution in [0.2, 0.25) is 0 Å². The molecule has 8 heteroatoms. The SMILES string of the molecule is COc1ccc(O)c(C(C)(C)C)c1.COc1ccc(O)c(C(C)(C)C)c1.O=C(O)c1ccccc1-c1ccccc1C(=O)O. The van der Waals surface area contributed by atoms with Crippen LogP contribution in [0.15, 0.2) is 84.9 Å². The number of ether oxygens (including phenoxy) is 2. The predicted octanol–water partition coefficient (Wildman–Crippen LogP) is 8.15. The molecule has 4 rings (SSSR count). The van der Waals surface area contributed by atoms with Crippen molar-refractivity contribution >= 4 is 11.9 Å². The number of hydrogen-bond acceptors (Lipinski definition) is 6. The van der Waals surface area contributed by atoms with E-state index in [1.165, 1.54) is 12.1 Å². The minimum absolute atomic E-state index is 0.0569. The summed E-state index contributed by atoms with van der Waals surface area (Å²) in [5.74, 6) is 0.0589.